The van der Waals surface area contributed by atoms with E-state index in [1.165, 1.54) is 0 Å². The third-order valence-corrected chi connectivity index (χ3v) is 4.21. The van der Waals surface area contributed by atoms with Crippen molar-refractivity contribution in [3.05, 3.63) is 24.3 Å². The minimum absolute atomic E-state index is 0.145. The Hall–Kier alpha value is -1.55. The van der Waals surface area contributed by atoms with Crippen LogP contribution in [0.5, 0.6) is 5.75 Å². The molecule has 4 heteroatoms. The van der Waals surface area contributed by atoms with Gasteiger partial charge in [0.25, 0.3) is 0 Å². The Labute approximate surface area is 127 Å². The van der Waals surface area contributed by atoms with E-state index in [0.717, 1.165) is 24.4 Å². The number of likely N-dealkylation sites (N-methyl/N-ethyl adjacent to an activating group) is 1. The molecule has 116 valence electrons. The molecule has 0 bridgehead atoms. The Morgan fingerprint density at radius 2 is 2.10 bits per heavy atom. The molecule has 4 nitrogen and oxygen atoms in total. The molecule has 0 saturated heterocycles. The van der Waals surface area contributed by atoms with Crippen LogP contribution in [0.2, 0.25) is 0 Å². The van der Waals surface area contributed by atoms with Crippen LogP contribution in [0.1, 0.15) is 33.6 Å². The van der Waals surface area contributed by atoms with Crippen LogP contribution in [-0.4, -0.2) is 31.6 Å². The van der Waals surface area contributed by atoms with Gasteiger partial charge in [-0.2, -0.15) is 0 Å². The normalized spacial score (nSPS) is 17.7. The highest BCUT2D eigenvalue weighted by Gasteiger charge is 2.27. The highest BCUT2D eigenvalue weighted by molar-refractivity contribution is 5.95. The molecule has 1 aromatic rings. The molecule has 0 radical (unpaired) electrons. The molecule has 2 atom stereocenters. The Kier molecular flexibility index (Phi) is 5.62. The van der Waals surface area contributed by atoms with E-state index in [9.17, 15) is 4.79 Å². The maximum Gasteiger partial charge on any atom is 0.230 e. The lowest BCUT2D eigenvalue weighted by molar-refractivity contribution is -0.118. The largest absolute Gasteiger partial charge is 0.491 e. The minimum atomic E-state index is 0.145. The maximum atomic E-state index is 12.4. The summed E-state index contributed by atoms with van der Waals surface area (Å²) < 4.78 is 5.69. The number of anilines is 1. The van der Waals surface area contributed by atoms with Crippen molar-refractivity contribution in [1.29, 1.82) is 0 Å². The zero-order valence-electron chi connectivity index (χ0n) is 13.3. The van der Waals surface area contributed by atoms with Gasteiger partial charge in [0.2, 0.25) is 5.91 Å². The maximum absolute atomic E-state index is 12.4. The summed E-state index contributed by atoms with van der Waals surface area (Å²) in [5, 5.41) is 3.52. The molecular weight excluding hydrogens is 264 g/mol. The fourth-order valence-electron chi connectivity index (χ4n) is 2.71. The Morgan fingerprint density at radius 3 is 2.81 bits per heavy atom. The van der Waals surface area contributed by atoms with E-state index in [0.29, 0.717) is 31.5 Å². The number of fused-ring (bicyclic) bond motifs is 1. The molecule has 1 amide bonds. The van der Waals surface area contributed by atoms with Gasteiger partial charge < -0.3 is 15.0 Å². The fraction of sp³-hybridized carbons (Fsp3) is 0.588. The molecule has 0 saturated carbocycles. The number of hydrogen-bond acceptors (Lipinski definition) is 3. The summed E-state index contributed by atoms with van der Waals surface area (Å²) in [5.41, 5.74) is 0.895. The smallest absolute Gasteiger partial charge is 0.230 e. The van der Waals surface area contributed by atoms with E-state index >= 15 is 0 Å². The van der Waals surface area contributed by atoms with E-state index in [1.54, 1.807) is 0 Å². The van der Waals surface area contributed by atoms with Crippen molar-refractivity contribution in [2.24, 2.45) is 5.92 Å². The highest BCUT2D eigenvalue weighted by atomic mass is 16.5. The molecule has 1 aliphatic heterocycles. The monoisotopic (exact) mass is 290 g/mol. The zero-order valence-corrected chi connectivity index (χ0v) is 13.3. The van der Waals surface area contributed by atoms with E-state index in [1.807, 2.05) is 29.2 Å². The van der Waals surface area contributed by atoms with Crippen molar-refractivity contribution in [1.82, 2.24) is 5.32 Å². The lowest BCUT2D eigenvalue weighted by Gasteiger charge is -2.31. The Bertz CT molecular complexity index is 476. The van der Waals surface area contributed by atoms with Gasteiger partial charge in [-0.15, -0.1) is 0 Å². The van der Waals surface area contributed by atoms with Gasteiger partial charge >= 0.3 is 0 Å². The van der Waals surface area contributed by atoms with Gasteiger partial charge in [-0.05, 0) is 24.6 Å². The summed E-state index contributed by atoms with van der Waals surface area (Å²) in [7, 11) is 0. The van der Waals surface area contributed by atoms with Crippen LogP contribution in [-0.2, 0) is 4.79 Å². The molecule has 2 rings (SSSR count). The van der Waals surface area contributed by atoms with Crippen LogP contribution in [0, 0.1) is 5.92 Å². The molecule has 2 unspecified atom stereocenters. The summed E-state index contributed by atoms with van der Waals surface area (Å²) in [6.45, 7) is 8.60. The molecule has 21 heavy (non-hydrogen) atoms. The van der Waals surface area contributed by atoms with Gasteiger partial charge in [-0.1, -0.05) is 39.3 Å². The van der Waals surface area contributed by atoms with E-state index < -0.39 is 0 Å². The van der Waals surface area contributed by atoms with Crippen LogP contribution in [0.4, 0.5) is 5.69 Å². The van der Waals surface area contributed by atoms with Crippen molar-refractivity contribution in [2.75, 3.05) is 24.6 Å². The SMILES string of the molecule is CCNC(CN1C(=O)CCOc2ccccc21)C(C)CC. The number of ether oxygens (including phenoxy) is 1. The Morgan fingerprint density at radius 1 is 1.33 bits per heavy atom. The standard InChI is InChI=1S/C17H26N2O2/c1-4-13(3)14(18-5-2)12-19-15-8-6-7-9-16(15)21-11-10-17(19)20/h6-9,13-14,18H,4-5,10-12H2,1-3H3. The number of amides is 1. The molecule has 1 N–H and O–H groups in total. The molecule has 0 aromatic heterocycles. The number of para-hydroxylation sites is 2. The van der Waals surface area contributed by atoms with Crippen LogP contribution >= 0.6 is 0 Å². The third kappa shape index (κ3) is 3.76. The van der Waals surface area contributed by atoms with Crippen LogP contribution in [0.25, 0.3) is 0 Å². The first-order chi connectivity index (χ1) is 10.2. The quantitative estimate of drug-likeness (QED) is 0.876. The number of benzene rings is 1. The number of rotatable bonds is 6. The summed E-state index contributed by atoms with van der Waals surface area (Å²) in [6.07, 6.45) is 1.53. The van der Waals surface area contributed by atoms with Crippen LogP contribution in [0.15, 0.2) is 24.3 Å². The third-order valence-electron chi connectivity index (χ3n) is 4.21. The van der Waals surface area contributed by atoms with Crippen molar-refractivity contribution in [3.8, 4) is 5.75 Å². The topological polar surface area (TPSA) is 41.6 Å². The zero-order chi connectivity index (χ0) is 15.2. The van der Waals surface area contributed by atoms with Gasteiger partial charge in [0, 0.05) is 12.6 Å². The molecule has 1 aliphatic rings. The molecule has 0 fully saturated rings. The van der Waals surface area contributed by atoms with Gasteiger partial charge in [-0.25, -0.2) is 0 Å². The number of hydrogen-bond donors (Lipinski definition) is 1. The second kappa shape index (κ2) is 7.46. The van der Waals surface area contributed by atoms with Crippen molar-refractivity contribution >= 4 is 11.6 Å². The van der Waals surface area contributed by atoms with Crippen LogP contribution in [0.3, 0.4) is 0 Å². The molecule has 1 aromatic carbocycles. The average molecular weight is 290 g/mol. The van der Waals surface area contributed by atoms with Gasteiger partial charge in [0.15, 0.2) is 0 Å². The molecule has 1 heterocycles. The van der Waals surface area contributed by atoms with E-state index in [2.05, 4.69) is 26.1 Å². The second-order valence-corrected chi connectivity index (χ2v) is 5.62. The van der Waals surface area contributed by atoms with Crippen LogP contribution < -0.4 is 15.0 Å². The minimum Gasteiger partial charge on any atom is -0.491 e. The predicted octanol–water partition coefficient (Wildman–Crippen LogP) is 2.83. The number of carbonyl (C=O) groups is 1. The van der Waals surface area contributed by atoms with Gasteiger partial charge in [-0.3, -0.25) is 4.79 Å². The van der Waals surface area contributed by atoms with Crippen molar-refractivity contribution in [3.63, 3.8) is 0 Å². The summed E-state index contributed by atoms with van der Waals surface area (Å²) in [6, 6.07) is 8.11. The summed E-state index contributed by atoms with van der Waals surface area (Å²) in [5.74, 6) is 1.47. The van der Waals surface area contributed by atoms with Gasteiger partial charge in [0.1, 0.15) is 5.75 Å². The average Bonchev–Trinajstić information content (AvgIpc) is 2.65. The first-order valence-corrected chi connectivity index (χ1v) is 7.92. The molecular formula is C17H26N2O2. The lowest BCUT2D eigenvalue weighted by atomic mass is 9.98. The van der Waals surface area contributed by atoms with E-state index in [4.69, 9.17) is 4.74 Å². The number of carbonyl (C=O) groups excluding carboxylic acids is 1. The molecule has 0 aliphatic carbocycles. The van der Waals surface area contributed by atoms with Crippen molar-refractivity contribution < 1.29 is 9.53 Å². The summed E-state index contributed by atoms with van der Waals surface area (Å²) in [4.78, 5) is 14.3. The lowest BCUT2D eigenvalue weighted by Crippen LogP contribution is -2.47. The summed E-state index contributed by atoms with van der Waals surface area (Å²) >= 11 is 0. The number of nitrogens with zero attached hydrogens (tertiary/aromatic N) is 1. The predicted molar refractivity (Wildman–Crippen MR) is 85.8 cm³/mol. The van der Waals surface area contributed by atoms with Gasteiger partial charge in [0.05, 0.1) is 18.7 Å². The van der Waals surface area contributed by atoms with Crippen molar-refractivity contribution in [2.45, 2.75) is 39.7 Å². The fourth-order valence-corrected chi connectivity index (χ4v) is 2.71. The highest BCUT2D eigenvalue weighted by Crippen LogP contribution is 2.31. The first kappa shape index (κ1) is 15.8. The van der Waals surface area contributed by atoms with E-state index in [-0.39, 0.29) is 5.91 Å². The molecule has 0 spiro atoms. The Balaban J connectivity index is 2.25. The number of nitrogens with one attached hydrogen (secondary N) is 1. The first-order valence-electron chi connectivity index (χ1n) is 7.92. The second-order valence-electron chi connectivity index (χ2n) is 5.62.